The van der Waals surface area contributed by atoms with Gasteiger partial charge in [-0.15, -0.1) is 11.3 Å². The molecule has 0 unspecified atom stereocenters. The average Bonchev–Trinajstić information content (AvgIpc) is 2.37. The summed E-state index contributed by atoms with van der Waals surface area (Å²) in [7, 11) is 0. The Morgan fingerprint density at radius 3 is 3.18 bits per heavy atom. The molecular weight excluding hydrogens is 228 g/mol. The summed E-state index contributed by atoms with van der Waals surface area (Å²) in [5.74, 6) is 0. The van der Waals surface area contributed by atoms with Gasteiger partial charge in [0.1, 0.15) is 0 Å². The van der Waals surface area contributed by atoms with Gasteiger partial charge in [-0.3, -0.25) is 0 Å². The summed E-state index contributed by atoms with van der Waals surface area (Å²) in [4.78, 5) is 17.2. The molecule has 0 saturated heterocycles. The Hall–Kier alpha value is -0.510. The number of rotatable bonds is 3. The van der Waals surface area contributed by atoms with E-state index in [1.54, 1.807) is 17.5 Å². The van der Waals surface area contributed by atoms with Gasteiger partial charge in [-0.2, -0.15) is 0 Å². The van der Waals surface area contributed by atoms with E-state index in [-0.39, 0.29) is 0 Å². The van der Waals surface area contributed by atoms with Gasteiger partial charge in [-0.1, -0.05) is 0 Å². The van der Waals surface area contributed by atoms with Crippen molar-refractivity contribution in [3.05, 3.63) is 15.0 Å². The van der Waals surface area contributed by atoms with Crippen LogP contribution in [0.25, 0.3) is 0 Å². The first kappa shape index (κ1) is 8.59. The number of aromatic nitrogens is 1. The molecule has 0 spiro atoms. The van der Waals surface area contributed by atoms with E-state index in [2.05, 4.69) is 25.9 Å². The van der Waals surface area contributed by atoms with E-state index in [0.29, 0.717) is 13.0 Å². The summed E-state index contributed by atoms with van der Waals surface area (Å²) in [6.07, 6.45) is 3.94. The van der Waals surface area contributed by atoms with Gasteiger partial charge in [0.15, 0.2) is 0 Å². The number of aliphatic imine (C=N–C) groups is 1. The summed E-state index contributed by atoms with van der Waals surface area (Å²) in [5.41, 5.74) is 0. The maximum Gasteiger partial charge on any atom is 0.234 e. The molecule has 0 aliphatic heterocycles. The number of carbonyl (C=O) groups excluding carboxylic acids is 1. The zero-order chi connectivity index (χ0) is 8.10. The highest BCUT2D eigenvalue weighted by Gasteiger charge is 1.97. The van der Waals surface area contributed by atoms with Gasteiger partial charge in [0, 0.05) is 6.42 Å². The standard InChI is InChI=1S/C6H5BrN2OS/c7-5-3-9-6(11-5)1-2-8-4-10/h3H,1-2H2. The summed E-state index contributed by atoms with van der Waals surface area (Å²) in [5, 5.41) is 0.982. The van der Waals surface area contributed by atoms with E-state index in [4.69, 9.17) is 0 Å². The Morgan fingerprint density at radius 1 is 1.82 bits per heavy atom. The second kappa shape index (κ2) is 4.38. The van der Waals surface area contributed by atoms with Crippen molar-refractivity contribution >= 4 is 33.3 Å². The largest absolute Gasteiger partial charge is 0.248 e. The predicted octanol–water partition coefficient (Wildman–Crippen LogP) is 1.78. The van der Waals surface area contributed by atoms with Crippen molar-refractivity contribution in [3.8, 4) is 0 Å². The Bertz CT molecular complexity index is 280. The third-order valence-corrected chi connectivity index (χ3v) is 2.56. The highest BCUT2D eigenvalue weighted by atomic mass is 79.9. The molecule has 3 nitrogen and oxygen atoms in total. The van der Waals surface area contributed by atoms with Crippen molar-refractivity contribution in [2.45, 2.75) is 6.42 Å². The first-order chi connectivity index (χ1) is 5.33. The first-order valence-corrected chi connectivity index (χ1v) is 4.57. The van der Waals surface area contributed by atoms with E-state index < -0.39 is 0 Å². The highest BCUT2D eigenvalue weighted by Crippen LogP contribution is 2.19. The van der Waals surface area contributed by atoms with Crippen molar-refractivity contribution in [1.29, 1.82) is 0 Å². The van der Waals surface area contributed by atoms with E-state index >= 15 is 0 Å². The molecule has 1 heterocycles. The van der Waals surface area contributed by atoms with E-state index in [1.807, 2.05) is 0 Å². The molecule has 0 amide bonds. The molecule has 0 saturated carbocycles. The third kappa shape index (κ3) is 2.93. The fraction of sp³-hybridized carbons (Fsp3) is 0.333. The molecule has 0 aromatic carbocycles. The summed E-state index contributed by atoms with van der Waals surface area (Å²) in [6.45, 7) is 0.476. The molecule has 58 valence electrons. The van der Waals surface area contributed by atoms with Crippen LogP contribution in [0, 0.1) is 0 Å². The molecule has 11 heavy (non-hydrogen) atoms. The SMILES string of the molecule is O=C=NCCc1ncc(Br)s1. The Balaban J connectivity index is 2.44. The summed E-state index contributed by atoms with van der Waals surface area (Å²) < 4.78 is 1.00. The van der Waals surface area contributed by atoms with Crippen LogP contribution in [0.15, 0.2) is 15.0 Å². The van der Waals surface area contributed by atoms with E-state index in [9.17, 15) is 4.79 Å². The van der Waals surface area contributed by atoms with Gasteiger partial charge in [-0.05, 0) is 15.9 Å². The lowest BCUT2D eigenvalue weighted by Crippen LogP contribution is -1.86. The van der Waals surface area contributed by atoms with Crippen LogP contribution in [-0.2, 0) is 11.2 Å². The number of nitrogens with zero attached hydrogens (tertiary/aromatic N) is 2. The van der Waals surface area contributed by atoms with E-state index in [0.717, 1.165) is 8.79 Å². The minimum atomic E-state index is 0.476. The van der Waals surface area contributed by atoms with Crippen molar-refractivity contribution in [2.24, 2.45) is 4.99 Å². The van der Waals surface area contributed by atoms with Gasteiger partial charge < -0.3 is 0 Å². The molecule has 0 N–H and O–H groups in total. The molecule has 5 heteroatoms. The minimum Gasteiger partial charge on any atom is -0.248 e. The molecule has 0 atom stereocenters. The summed E-state index contributed by atoms with van der Waals surface area (Å²) in [6, 6.07) is 0. The van der Waals surface area contributed by atoms with E-state index in [1.165, 1.54) is 6.08 Å². The first-order valence-electron chi connectivity index (χ1n) is 2.97. The highest BCUT2D eigenvalue weighted by molar-refractivity contribution is 9.11. The van der Waals surface area contributed by atoms with Crippen molar-refractivity contribution in [3.63, 3.8) is 0 Å². The van der Waals surface area contributed by atoms with Gasteiger partial charge >= 0.3 is 0 Å². The smallest absolute Gasteiger partial charge is 0.234 e. The van der Waals surface area contributed by atoms with Gasteiger partial charge in [0.25, 0.3) is 0 Å². The Labute approximate surface area is 76.3 Å². The van der Waals surface area contributed by atoms with Crippen LogP contribution in [0.1, 0.15) is 5.01 Å². The van der Waals surface area contributed by atoms with Crippen LogP contribution in [0.3, 0.4) is 0 Å². The van der Waals surface area contributed by atoms with Crippen LogP contribution < -0.4 is 0 Å². The normalized spacial score (nSPS) is 9.18. The van der Waals surface area contributed by atoms with Crippen LogP contribution in [0.5, 0.6) is 0 Å². The average molecular weight is 233 g/mol. The molecule has 1 aromatic heterocycles. The third-order valence-electron chi connectivity index (χ3n) is 1.03. The molecular formula is C6H5BrN2OS. The van der Waals surface area contributed by atoms with Crippen molar-refractivity contribution in [1.82, 2.24) is 4.98 Å². The van der Waals surface area contributed by atoms with Gasteiger partial charge in [0.2, 0.25) is 6.08 Å². The maximum absolute atomic E-state index is 9.68. The minimum absolute atomic E-state index is 0.476. The fourth-order valence-electron chi connectivity index (χ4n) is 0.601. The fourth-order valence-corrected chi connectivity index (χ4v) is 1.89. The monoisotopic (exact) mass is 232 g/mol. The molecule has 0 aliphatic rings. The van der Waals surface area contributed by atoms with Crippen LogP contribution in [0.2, 0.25) is 0 Å². The van der Waals surface area contributed by atoms with Crippen LogP contribution >= 0.6 is 27.3 Å². The number of hydrogen-bond acceptors (Lipinski definition) is 4. The lowest BCUT2D eigenvalue weighted by molar-refractivity contribution is 0.563. The van der Waals surface area contributed by atoms with Gasteiger partial charge in [-0.25, -0.2) is 14.8 Å². The van der Waals surface area contributed by atoms with Crippen molar-refractivity contribution in [2.75, 3.05) is 6.54 Å². The molecule has 0 radical (unpaired) electrons. The van der Waals surface area contributed by atoms with Gasteiger partial charge in [0.05, 0.1) is 21.5 Å². The number of isocyanates is 1. The van der Waals surface area contributed by atoms with Crippen LogP contribution in [0.4, 0.5) is 0 Å². The second-order valence-electron chi connectivity index (χ2n) is 1.78. The zero-order valence-corrected chi connectivity index (χ0v) is 7.98. The maximum atomic E-state index is 9.68. The number of thiazole rings is 1. The molecule has 1 rings (SSSR count). The zero-order valence-electron chi connectivity index (χ0n) is 5.58. The summed E-state index contributed by atoms with van der Waals surface area (Å²) >= 11 is 4.84. The molecule has 0 fully saturated rings. The van der Waals surface area contributed by atoms with Crippen LogP contribution in [-0.4, -0.2) is 17.6 Å². The number of halogens is 1. The predicted molar refractivity (Wildman–Crippen MR) is 46.5 cm³/mol. The second-order valence-corrected chi connectivity index (χ2v) is 4.28. The lowest BCUT2D eigenvalue weighted by atomic mass is 10.4. The Kier molecular flexibility index (Phi) is 3.42. The number of hydrogen-bond donors (Lipinski definition) is 0. The molecule has 0 aliphatic carbocycles. The molecule has 0 bridgehead atoms. The van der Waals surface area contributed by atoms with Crippen molar-refractivity contribution < 1.29 is 4.79 Å². The molecule has 1 aromatic rings. The Morgan fingerprint density at radius 2 is 2.64 bits per heavy atom. The quantitative estimate of drug-likeness (QED) is 0.589. The lowest BCUT2D eigenvalue weighted by Gasteiger charge is -1.85. The topological polar surface area (TPSA) is 42.3 Å².